The first-order valence-electron chi connectivity index (χ1n) is 9.32. The van der Waals surface area contributed by atoms with E-state index < -0.39 is 17.4 Å². The highest BCUT2D eigenvalue weighted by Gasteiger charge is 2.19. The number of imidazole rings is 1. The lowest BCUT2D eigenvalue weighted by atomic mass is 10.2. The lowest BCUT2D eigenvalue weighted by molar-refractivity contribution is 0.0938. The van der Waals surface area contributed by atoms with Crippen LogP contribution in [-0.4, -0.2) is 55.2 Å². The van der Waals surface area contributed by atoms with Gasteiger partial charge >= 0.3 is 5.69 Å². The molecule has 0 aliphatic heterocycles. The molecule has 10 heteroatoms. The van der Waals surface area contributed by atoms with Gasteiger partial charge in [-0.1, -0.05) is 17.7 Å². The van der Waals surface area contributed by atoms with E-state index >= 15 is 0 Å². The number of hydrogen-bond acceptors (Lipinski definition) is 7. The lowest BCUT2D eigenvalue weighted by Gasteiger charge is -2.16. The summed E-state index contributed by atoms with van der Waals surface area (Å²) >= 11 is 0. The number of hydrogen-bond donors (Lipinski definition) is 4. The predicted molar refractivity (Wildman–Crippen MR) is 108 cm³/mol. The molecule has 0 radical (unpaired) electrons. The molecule has 0 aliphatic carbocycles. The summed E-state index contributed by atoms with van der Waals surface area (Å²) in [6.45, 7) is 2.44. The van der Waals surface area contributed by atoms with Gasteiger partial charge in [0.2, 0.25) is 5.95 Å². The molecule has 29 heavy (non-hydrogen) atoms. The smallest absolute Gasteiger partial charge is 0.329 e. The number of H-pyrrole nitrogens is 1. The standard InChI is InChI=1S/C19H25N5O5/c1-12-4-6-14(7-5-12)29-11-13(26)10-24-15-16(21-18(24)20-8-3-9-25)23(2)19(28)22-17(15)27/h4-7,13,25-26H,3,8-11H2,1-2H3,(H,20,21)(H,22,27,28)/t13-/m1/s1. The van der Waals surface area contributed by atoms with Gasteiger partial charge in [-0.15, -0.1) is 0 Å². The number of aromatic amines is 1. The first kappa shape index (κ1) is 20.6. The molecule has 0 bridgehead atoms. The van der Waals surface area contributed by atoms with Crippen LogP contribution in [-0.2, 0) is 13.6 Å². The molecule has 1 aromatic carbocycles. The van der Waals surface area contributed by atoms with Gasteiger partial charge in [0.25, 0.3) is 5.56 Å². The van der Waals surface area contributed by atoms with E-state index in [9.17, 15) is 14.7 Å². The van der Waals surface area contributed by atoms with Gasteiger partial charge in [0.15, 0.2) is 11.2 Å². The summed E-state index contributed by atoms with van der Waals surface area (Å²) in [4.78, 5) is 30.9. The Kier molecular flexibility index (Phi) is 6.35. The molecular formula is C19H25N5O5. The van der Waals surface area contributed by atoms with Crippen molar-refractivity contribution in [3.63, 3.8) is 0 Å². The highest BCUT2D eigenvalue weighted by molar-refractivity contribution is 5.74. The zero-order valence-electron chi connectivity index (χ0n) is 16.4. The van der Waals surface area contributed by atoms with Crippen molar-refractivity contribution in [2.75, 3.05) is 25.1 Å². The Labute approximate surface area is 166 Å². The van der Waals surface area contributed by atoms with Crippen LogP contribution in [0.15, 0.2) is 33.9 Å². The van der Waals surface area contributed by atoms with Crippen LogP contribution in [0.3, 0.4) is 0 Å². The predicted octanol–water partition coefficient (Wildman–Crippen LogP) is -0.0341. The molecule has 0 saturated heterocycles. The molecule has 10 nitrogen and oxygen atoms in total. The number of fused-ring (bicyclic) bond motifs is 1. The molecule has 0 spiro atoms. The largest absolute Gasteiger partial charge is 0.491 e. The second-order valence-electron chi connectivity index (χ2n) is 6.82. The lowest BCUT2D eigenvalue weighted by Crippen LogP contribution is -2.31. The maximum Gasteiger partial charge on any atom is 0.329 e. The van der Waals surface area contributed by atoms with E-state index in [0.29, 0.717) is 24.7 Å². The van der Waals surface area contributed by atoms with Gasteiger partial charge in [0.05, 0.1) is 6.54 Å². The van der Waals surface area contributed by atoms with Crippen LogP contribution in [0.5, 0.6) is 5.75 Å². The van der Waals surface area contributed by atoms with Gasteiger partial charge in [0.1, 0.15) is 18.5 Å². The molecule has 2 aromatic heterocycles. The quantitative estimate of drug-likeness (QED) is 0.369. The van der Waals surface area contributed by atoms with Crippen molar-refractivity contribution in [1.82, 2.24) is 19.1 Å². The average Bonchev–Trinajstić information content (AvgIpc) is 3.05. The number of aromatic nitrogens is 4. The number of anilines is 1. The molecule has 0 saturated carbocycles. The third-order valence-corrected chi connectivity index (χ3v) is 4.48. The maximum absolute atomic E-state index is 12.4. The number of benzene rings is 1. The van der Waals surface area contributed by atoms with Gasteiger partial charge in [0, 0.05) is 20.2 Å². The van der Waals surface area contributed by atoms with Gasteiger partial charge in [-0.25, -0.2) is 4.79 Å². The van der Waals surface area contributed by atoms with E-state index in [1.54, 1.807) is 0 Å². The van der Waals surface area contributed by atoms with Gasteiger partial charge in [-0.3, -0.25) is 14.3 Å². The van der Waals surface area contributed by atoms with Crippen LogP contribution >= 0.6 is 0 Å². The maximum atomic E-state index is 12.4. The number of rotatable bonds is 9. The minimum absolute atomic E-state index is 0.000682. The molecule has 0 amide bonds. The SMILES string of the molecule is Cc1ccc(OC[C@H](O)Cn2c(NCCCO)nc3c2c(=O)[nH]c(=O)n3C)cc1. The van der Waals surface area contributed by atoms with Crippen molar-refractivity contribution < 1.29 is 14.9 Å². The number of aryl methyl sites for hydroxylation is 2. The average molecular weight is 403 g/mol. The molecule has 3 aromatic rings. The topological polar surface area (TPSA) is 134 Å². The van der Waals surface area contributed by atoms with Gasteiger partial charge in [-0.2, -0.15) is 4.98 Å². The van der Waals surface area contributed by atoms with Crippen molar-refractivity contribution >= 4 is 17.1 Å². The Morgan fingerprint density at radius 2 is 2.00 bits per heavy atom. The van der Waals surface area contributed by atoms with Gasteiger partial charge in [-0.05, 0) is 25.5 Å². The highest BCUT2D eigenvalue weighted by atomic mass is 16.5. The minimum atomic E-state index is -0.927. The molecule has 2 heterocycles. The molecule has 1 atom stereocenters. The third-order valence-electron chi connectivity index (χ3n) is 4.48. The molecule has 4 N–H and O–H groups in total. The fourth-order valence-electron chi connectivity index (χ4n) is 2.92. The zero-order valence-corrected chi connectivity index (χ0v) is 16.4. The Bertz CT molecular complexity index is 1080. The summed E-state index contributed by atoms with van der Waals surface area (Å²) in [5.74, 6) is 0.959. The van der Waals surface area contributed by atoms with E-state index in [1.807, 2.05) is 31.2 Å². The summed E-state index contributed by atoms with van der Waals surface area (Å²) < 4.78 is 8.37. The fourth-order valence-corrected chi connectivity index (χ4v) is 2.92. The second-order valence-corrected chi connectivity index (χ2v) is 6.82. The number of aliphatic hydroxyl groups is 2. The first-order chi connectivity index (χ1) is 13.9. The van der Waals surface area contributed by atoms with Crippen LogP contribution in [0.25, 0.3) is 11.2 Å². The van der Waals surface area contributed by atoms with Gasteiger partial charge < -0.3 is 24.8 Å². The van der Waals surface area contributed by atoms with E-state index in [0.717, 1.165) is 5.56 Å². The Morgan fingerprint density at radius 3 is 2.69 bits per heavy atom. The van der Waals surface area contributed by atoms with E-state index in [-0.39, 0.29) is 30.9 Å². The van der Waals surface area contributed by atoms with E-state index in [2.05, 4.69) is 15.3 Å². The van der Waals surface area contributed by atoms with Crippen molar-refractivity contribution in [2.45, 2.75) is 26.0 Å². The molecule has 3 rings (SSSR count). The number of nitrogens with one attached hydrogen (secondary N) is 2. The molecule has 0 unspecified atom stereocenters. The first-order valence-corrected chi connectivity index (χ1v) is 9.32. The number of nitrogens with zero attached hydrogens (tertiary/aromatic N) is 3. The Hall–Kier alpha value is -3.11. The van der Waals surface area contributed by atoms with Crippen LogP contribution < -0.4 is 21.3 Å². The Morgan fingerprint density at radius 1 is 1.28 bits per heavy atom. The normalized spacial score (nSPS) is 12.3. The zero-order chi connectivity index (χ0) is 21.0. The minimum Gasteiger partial charge on any atom is -0.491 e. The monoisotopic (exact) mass is 403 g/mol. The van der Waals surface area contributed by atoms with Crippen molar-refractivity contribution in [3.05, 3.63) is 50.7 Å². The van der Waals surface area contributed by atoms with Crippen molar-refractivity contribution in [3.8, 4) is 5.75 Å². The summed E-state index contributed by atoms with van der Waals surface area (Å²) in [6.07, 6.45) is -0.443. The van der Waals surface area contributed by atoms with Crippen molar-refractivity contribution in [2.24, 2.45) is 7.05 Å². The fraction of sp³-hybridized carbons (Fsp3) is 0.421. The van der Waals surface area contributed by atoms with Crippen LogP contribution in [0.1, 0.15) is 12.0 Å². The molecular weight excluding hydrogens is 378 g/mol. The van der Waals surface area contributed by atoms with Crippen LogP contribution in [0.4, 0.5) is 5.95 Å². The number of aliphatic hydroxyl groups excluding tert-OH is 2. The number of ether oxygens (including phenoxy) is 1. The molecule has 156 valence electrons. The van der Waals surface area contributed by atoms with E-state index in [4.69, 9.17) is 9.84 Å². The van der Waals surface area contributed by atoms with Crippen LogP contribution in [0, 0.1) is 6.92 Å². The van der Waals surface area contributed by atoms with E-state index in [1.165, 1.54) is 16.2 Å². The second kappa shape index (κ2) is 8.93. The summed E-state index contributed by atoms with van der Waals surface area (Å²) in [6, 6.07) is 7.46. The molecule has 0 aliphatic rings. The Balaban J connectivity index is 1.86. The highest BCUT2D eigenvalue weighted by Crippen LogP contribution is 2.17. The summed E-state index contributed by atoms with van der Waals surface area (Å²) in [7, 11) is 1.51. The summed E-state index contributed by atoms with van der Waals surface area (Å²) in [5, 5.41) is 22.5. The third kappa shape index (κ3) is 4.66. The molecule has 0 fully saturated rings. The van der Waals surface area contributed by atoms with Crippen LogP contribution in [0.2, 0.25) is 0 Å². The summed E-state index contributed by atoms with van der Waals surface area (Å²) in [5.41, 5.74) is 0.325. The van der Waals surface area contributed by atoms with Crippen molar-refractivity contribution in [1.29, 1.82) is 0 Å².